The highest BCUT2D eigenvalue weighted by molar-refractivity contribution is 7.21. The van der Waals surface area contributed by atoms with Crippen molar-refractivity contribution in [3.05, 3.63) is 41.7 Å². The van der Waals surface area contributed by atoms with Gasteiger partial charge in [0.2, 0.25) is 0 Å². The van der Waals surface area contributed by atoms with E-state index in [0.29, 0.717) is 0 Å². The highest BCUT2D eigenvalue weighted by atomic mass is 32.1. The Morgan fingerprint density at radius 1 is 1.12 bits per heavy atom. The minimum atomic E-state index is 0.847. The predicted molar refractivity (Wildman–Crippen MR) is 66.8 cm³/mol. The Labute approximate surface area is 97.6 Å². The minimum Gasteiger partial charge on any atom is -0.462 e. The summed E-state index contributed by atoms with van der Waals surface area (Å²) in [6.07, 6.45) is 1.68. The van der Waals surface area contributed by atoms with Crippen LogP contribution in [0.5, 0.6) is 0 Å². The molecule has 80 valence electrons. The molecule has 3 heteroatoms. The van der Waals surface area contributed by atoms with E-state index in [4.69, 9.17) is 4.42 Å². The minimum absolute atomic E-state index is 0.847. The van der Waals surface area contributed by atoms with Gasteiger partial charge in [-0.25, -0.2) is 4.98 Å². The first-order valence-electron chi connectivity index (χ1n) is 5.16. The molecule has 0 aliphatic carbocycles. The predicted octanol–water partition coefficient (Wildman–Crippen LogP) is 4.17. The normalized spacial score (nSPS) is 11.1. The van der Waals surface area contributed by atoms with Crippen LogP contribution in [-0.4, -0.2) is 4.98 Å². The lowest BCUT2D eigenvalue weighted by Gasteiger charge is -1.96. The molecule has 2 nitrogen and oxygen atoms in total. The van der Waals surface area contributed by atoms with E-state index in [2.05, 4.69) is 31.0 Å². The fourth-order valence-electron chi connectivity index (χ4n) is 1.76. The highest BCUT2D eigenvalue weighted by Gasteiger charge is 2.11. The standard InChI is InChI=1S/C13H11NOS/c1-8-5-6-9(2)12-11(8)14-13(16-12)10-4-3-7-15-10/h3-7H,1-2H3. The first-order valence-corrected chi connectivity index (χ1v) is 5.98. The van der Waals surface area contributed by atoms with E-state index in [1.54, 1.807) is 17.6 Å². The fraction of sp³-hybridized carbons (Fsp3) is 0.154. The van der Waals surface area contributed by atoms with E-state index in [1.807, 2.05) is 12.1 Å². The van der Waals surface area contributed by atoms with E-state index in [-0.39, 0.29) is 0 Å². The van der Waals surface area contributed by atoms with Crippen LogP contribution in [0.25, 0.3) is 21.0 Å². The van der Waals surface area contributed by atoms with Gasteiger partial charge in [0.15, 0.2) is 10.8 Å². The molecule has 0 saturated heterocycles. The lowest BCUT2D eigenvalue weighted by Crippen LogP contribution is -1.78. The van der Waals surface area contributed by atoms with Crippen molar-refractivity contribution < 1.29 is 4.42 Å². The number of aryl methyl sites for hydroxylation is 2. The zero-order valence-corrected chi connectivity index (χ0v) is 9.97. The van der Waals surface area contributed by atoms with Crippen molar-refractivity contribution in [3.8, 4) is 10.8 Å². The molecule has 0 amide bonds. The second-order valence-corrected chi connectivity index (χ2v) is 4.87. The lowest BCUT2D eigenvalue weighted by molar-refractivity contribution is 0.582. The van der Waals surface area contributed by atoms with Gasteiger partial charge in [-0.05, 0) is 37.1 Å². The van der Waals surface area contributed by atoms with Gasteiger partial charge in [0.25, 0.3) is 0 Å². The molecular weight excluding hydrogens is 218 g/mol. The quantitative estimate of drug-likeness (QED) is 0.625. The third-order valence-electron chi connectivity index (χ3n) is 2.67. The van der Waals surface area contributed by atoms with Crippen molar-refractivity contribution in [2.24, 2.45) is 0 Å². The third-order valence-corrected chi connectivity index (χ3v) is 3.88. The van der Waals surface area contributed by atoms with E-state index in [9.17, 15) is 0 Å². The molecular formula is C13H11NOS. The summed E-state index contributed by atoms with van der Waals surface area (Å²) in [5.74, 6) is 0.847. The molecule has 2 aromatic heterocycles. The molecule has 0 N–H and O–H groups in total. The highest BCUT2D eigenvalue weighted by Crippen LogP contribution is 2.33. The number of thiazole rings is 1. The van der Waals surface area contributed by atoms with E-state index < -0.39 is 0 Å². The Hall–Kier alpha value is -1.61. The molecule has 0 aliphatic rings. The number of hydrogen-bond acceptors (Lipinski definition) is 3. The van der Waals surface area contributed by atoms with Crippen LogP contribution in [0.4, 0.5) is 0 Å². The molecule has 0 unspecified atom stereocenters. The second kappa shape index (κ2) is 3.46. The van der Waals surface area contributed by atoms with Crippen LogP contribution >= 0.6 is 11.3 Å². The lowest BCUT2D eigenvalue weighted by atomic mass is 10.1. The summed E-state index contributed by atoms with van der Waals surface area (Å²) >= 11 is 1.69. The van der Waals surface area contributed by atoms with Gasteiger partial charge < -0.3 is 4.42 Å². The van der Waals surface area contributed by atoms with E-state index in [0.717, 1.165) is 16.3 Å². The summed E-state index contributed by atoms with van der Waals surface area (Å²) in [6, 6.07) is 8.09. The van der Waals surface area contributed by atoms with Crippen molar-refractivity contribution >= 4 is 21.6 Å². The SMILES string of the molecule is Cc1ccc(C)c2sc(-c3ccco3)nc12. The molecule has 1 aromatic carbocycles. The number of rotatable bonds is 1. The topological polar surface area (TPSA) is 26.0 Å². The largest absolute Gasteiger partial charge is 0.462 e. The number of hydrogen-bond donors (Lipinski definition) is 0. The van der Waals surface area contributed by atoms with Crippen LogP contribution in [0.3, 0.4) is 0 Å². The van der Waals surface area contributed by atoms with Crippen molar-refractivity contribution in [2.45, 2.75) is 13.8 Å². The molecule has 3 aromatic rings. The molecule has 0 aliphatic heterocycles. The summed E-state index contributed by atoms with van der Waals surface area (Å²) < 4.78 is 6.63. The van der Waals surface area contributed by atoms with Gasteiger partial charge in [-0.15, -0.1) is 11.3 Å². The molecule has 0 bridgehead atoms. The first kappa shape index (κ1) is 9.60. The number of nitrogens with zero attached hydrogens (tertiary/aromatic N) is 1. The average Bonchev–Trinajstić information content (AvgIpc) is 2.90. The monoisotopic (exact) mass is 229 g/mol. The summed E-state index contributed by atoms with van der Waals surface area (Å²) in [6.45, 7) is 4.21. The Morgan fingerprint density at radius 3 is 2.62 bits per heavy atom. The van der Waals surface area contributed by atoms with Gasteiger partial charge in [0, 0.05) is 0 Å². The van der Waals surface area contributed by atoms with Gasteiger partial charge >= 0.3 is 0 Å². The van der Waals surface area contributed by atoms with E-state index in [1.165, 1.54) is 15.8 Å². The molecule has 0 saturated carbocycles. The number of aromatic nitrogens is 1. The zero-order valence-electron chi connectivity index (χ0n) is 9.15. The smallest absolute Gasteiger partial charge is 0.162 e. The third kappa shape index (κ3) is 1.36. The molecule has 16 heavy (non-hydrogen) atoms. The summed E-state index contributed by atoms with van der Waals surface area (Å²) in [5.41, 5.74) is 3.59. The fourth-order valence-corrected chi connectivity index (χ4v) is 2.84. The molecule has 2 heterocycles. The maximum atomic E-state index is 5.38. The number of fused-ring (bicyclic) bond motifs is 1. The summed E-state index contributed by atoms with van der Waals surface area (Å²) in [7, 11) is 0. The molecule has 0 atom stereocenters. The van der Waals surface area contributed by atoms with E-state index >= 15 is 0 Å². The Morgan fingerprint density at radius 2 is 1.94 bits per heavy atom. The summed E-state index contributed by atoms with van der Waals surface area (Å²) in [4.78, 5) is 4.64. The Bertz CT molecular complexity index is 598. The van der Waals surface area contributed by atoms with Crippen molar-refractivity contribution in [3.63, 3.8) is 0 Å². The second-order valence-electron chi connectivity index (χ2n) is 3.87. The number of furan rings is 1. The Balaban J connectivity index is 2.31. The molecule has 0 fully saturated rings. The maximum Gasteiger partial charge on any atom is 0.162 e. The van der Waals surface area contributed by atoms with Gasteiger partial charge in [-0.2, -0.15) is 0 Å². The average molecular weight is 229 g/mol. The van der Waals surface area contributed by atoms with Crippen LogP contribution < -0.4 is 0 Å². The zero-order chi connectivity index (χ0) is 11.1. The first-order chi connectivity index (χ1) is 7.75. The van der Waals surface area contributed by atoms with Gasteiger partial charge in [0.05, 0.1) is 16.5 Å². The van der Waals surface area contributed by atoms with Crippen LogP contribution in [0.15, 0.2) is 34.9 Å². The van der Waals surface area contributed by atoms with Crippen LogP contribution in [0.2, 0.25) is 0 Å². The van der Waals surface area contributed by atoms with Gasteiger partial charge in [0.1, 0.15) is 0 Å². The maximum absolute atomic E-state index is 5.38. The van der Waals surface area contributed by atoms with Crippen LogP contribution in [-0.2, 0) is 0 Å². The number of benzene rings is 1. The van der Waals surface area contributed by atoms with Gasteiger partial charge in [-0.1, -0.05) is 12.1 Å². The van der Waals surface area contributed by atoms with Crippen LogP contribution in [0.1, 0.15) is 11.1 Å². The van der Waals surface area contributed by atoms with Crippen molar-refractivity contribution in [1.29, 1.82) is 0 Å². The van der Waals surface area contributed by atoms with Gasteiger partial charge in [-0.3, -0.25) is 0 Å². The molecule has 0 spiro atoms. The van der Waals surface area contributed by atoms with Crippen molar-refractivity contribution in [1.82, 2.24) is 4.98 Å². The van der Waals surface area contributed by atoms with Crippen LogP contribution in [0, 0.1) is 13.8 Å². The summed E-state index contributed by atoms with van der Waals surface area (Å²) in [5, 5.41) is 0.956. The Kier molecular flexibility index (Phi) is 2.07. The molecule has 0 radical (unpaired) electrons. The molecule has 3 rings (SSSR count). The van der Waals surface area contributed by atoms with Crippen molar-refractivity contribution in [2.75, 3.05) is 0 Å².